The number of amides is 1. The lowest BCUT2D eigenvalue weighted by atomic mass is 10.0. The summed E-state index contributed by atoms with van der Waals surface area (Å²) in [5, 5.41) is 12.6. The molecule has 3 aromatic rings. The molecule has 0 aliphatic heterocycles. The molecule has 0 saturated carbocycles. The first-order valence-corrected chi connectivity index (χ1v) is 8.69. The third-order valence-electron chi connectivity index (χ3n) is 4.38. The Bertz CT molecular complexity index is 1100. The van der Waals surface area contributed by atoms with Crippen LogP contribution >= 0.6 is 0 Å². The molecule has 8 heteroatoms. The number of benzene rings is 2. The van der Waals surface area contributed by atoms with Gasteiger partial charge in [-0.15, -0.1) is 0 Å². The number of methoxy groups -OCH3 is 2. The summed E-state index contributed by atoms with van der Waals surface area (Å²) >= 11 is 0. The van der Waals surface area contributed by atoms with Crippen LogP contribution in [0.4, 0.5) is 0 Å². The van der Waals surface area contributed by atoms with Crippen molar-refractivity contribution >= 4 is 22.8 Å². The lowest BCUT2D eigenvalue weighted by Gasteiger charge is -2.17. The third-order valence-corrected chi connectivity index (χ3v) is 4.38. The average Bonchev–Trinajstić information content (AvgIpc) is 2.72. The zero-order chi connectivity index (χ0) is 21.0. The van der Waals surface area contributed by atoms with Crippen LogP contribution in [0.1, 0.15) is 15.9 Å². The van der Waals surface area contributed by atoms with Crippen molar-refractivity contribution in [1.82, 2.24) is 5.32 Å². The van der Waals surface area contributed by atoms with Gasteiger partial charge in [-0.3, -0.25) is 4.79 Å². The molecule has 0 fully saturated rings. The number of carbonyl (C=O) groups excluding carboxylic acids is 2. The van der Waals surface area contributed by atoms with E-state index in [0.717, 1.165) is 0 Å². The molecule has 0 saturated heterocycles. The minimum absolute atomic E-state index is 0.0176. The fourth-order valence-corrected chi connectivity index (χ4v) is 2.92. The van der Waals surface area contributed by atoms with E-state index in [1.807, 2.05) is 0 Å². The molecule has 0 unspecified atom stereocenters. The Kier molecular flexibility index (Phi) is 5.82. The minimum atomic E-state index is -1.03. The number of rotatable bonds is 6. The van der Waals surface area contributed by atoms with E-state index in [-0.39, 0.29) is 17.7 Å². The van der Waals surface area contributed by atoms with Crippen molar-refractivity contribution in [3.05, 3.63) is 70.1 Å². The molecule has 0 spiro atoms. The quantitative estimate of drug-likeness (QED) is 0.483. The van der Waals surface area contributed by atoms with E-state index in [4.69, 9.17) is 13.9 Å². The van der Waals surface area contributed by atoms with Crippen molar-refractivity contribution in [3.63, 3.8) is 0 Å². The van der Waals surface area contributed by atoms with Crippen LogP contribution in [-0.2, 0) is 16.0 Å². The Labute approximate surface area is 165 Å². The van der Waals surface area contributed by atoms with Crippen LogP contribution < -0.4 is 15.7 Å². The predicted molar refractivity (Wildman–Crippen MR) is 104 cm³/mol. The van der Waals surface area contributed by atoms with Gasteiger partial charge in [-0.05, 0) is 42.0 Å². The summed E-state index contributed by atoms with van der Waals surface area (Å²) in [6.45, 7) is 0. The van der Waals surface area contributed by atoms with Crippen LogP contribution in [0.2, 0.25) is 0 Å². The van der Waals surface area contributed by atoms with E-state index in [2.05, 4.69) is 5.32 Å². The number of aromatic hydroxyl groups is 1. The molecule has 1 heterocycles. The van der Waals surface area contributed by atoms with Gasteiger partial charge in [0, 0.05) is 29.5 Å². The maximum absolute atomic E-state index is 12.5. The number of phenolic OH excluding ortho intramolecular Hbond substituents is 1. The van der Waals surface area contributed by atoms with Gasteiger partial charge in [0.25, 0.3) is 5.91 Å². The van der Waals surface area contributed by atoms with Crippen molar-refractivity contribution in [3.8, 4) is 11.5 Å². The maximum atomic E-state index is 12.5. The highest BCUT2D eigenvalue weighted by Gasteiger charge is 2.24. The summed E-state index contributed by atoms with van der Waals surface area (Å²) in [6.07, 6.45) is 0.0188. The number of hydrogen-bond donors (Lipinski definition) is 2. The van der Waals surface area contributed by atoms with Crippen LogP contribution in [-0.4, -0.2) is 37.2 Å². The first-order chi connectivity index (χ1) is 13.9. The molecule has 2 aromatic carbocycles. The van der Waals surface area contributed by atoms with Crippen molar-refractivity contribution in [2.45, 2.75) is 12.5 Å². The SMILES string of the molecule is COC(=O)[C@@H](Cc1cc(=O)oc2cc(OC)ccc12)NC(=O)c1ccc(O)cc1. The predicted octanol–water partition coefficient (Wildman–Crippen LogP) is 2.02. The molecule has 1 aromatic heterocycles. The second-order valence-electron chi connectivity index (χ2n) is 6.25. The number of nitrogens with one attached hydrogen (secondary N) is 1. The molecule has 0 radical (unpaired) electrons. The van der Waals surface area contributed by atoms with Crippen molar-refractivity contribution in [2.75, 3.05) is 14.2 Å². The summed E-state index contributed by atoms with van der Waals surface area (Å²) in [7, 11) is 2.71. The molecular weight excluding hydrogens is 378 g/mol. The average molecular weight is 397 g/mol. The number of phenols is 1. The smallest absolute Gasteiger partial charge is 0.336 e. The first-order valence-electron chi connectivity index (χ1n) is 8.69. The Morgan fingerprint density at radius 2 is 1.83 bits per heavy atom. The molecular formula is C21H19NO7. The standard InChI is InChI=1S/C21H19NO7/c1-27-15-7-8-16-13(10-19(24)29-18(16)11-15)9-17(21(26)28-2)22-20(25)12-3-5-14(23)6-4-12/h3-8,10-11,17,23H,9H2,1-2H3,(H,22,25)/t17-/m1/s1. The highest BCUT2D eigenvalue weighted by Crippen LogP contribution is 2.23. The van der Waals surface area contributed by atoms with E-state index in [1.54, 1.807) is 18.2 Å². The second kappa shape index (κ2) is 8.47. The fourth-order valence-electron chi connectivity index (χ4n) is 2.92. The molecule has 3 rings (SSSR count). The molecule has 0 aliphatic rings. The molecule has 0 bridgehead atoms. The maximum Gasteiger partial charge on any atom is 0.336 e. The molecule has 0 aliphatic carbocycles. The van der Waals surface area contributed by atoms with E-state index in [1.165, 1.54) is 44.6 Å². The van der Waals surface area contributed by atoms with E-state index < -0.39 is 23.5 Å². The third kappa shape index (κ3) is 4.55. The largest absolute Gasteiger partial charge is 0.508 e. The van der Waals surface area contributed by atoms with Crippen LogP contribution in [0, 0.1) is 0 Å². The van der Waals surface area contributed by atoms with Gasteiger partial charge < -0.3 is 24.3 Å². The van der Waals surface area contributed by atoms with Gasteiger partial charge in [-0.2, -0.15) is 0 Å². The summed E-state index contributed by atoms with van der Waals surface area (Å²) < 4.78 is 15.2. The Balaban J connectivity index is 1.92. The van der Waals surface area contributed by atoms with Crippen molar-refractivity contribution in [2.24, 2.45) is 0 Å². The minimum Gasteiger partial charge on any atom is -0.508 e. The van der Waals surface area contributed by atoms with Crippen LogP contribution in [0.25, 0.3) is 11.0 Å². The van der Waals surface area contributed by atoms with E-state index in [9.17, 15) is 19.5 Å². The number of hydrogen-bond acceptors (Lipinski definition) is 7. The number of fused-ring (bicyclic) bond motifs is 1. The first kappa shape index (κ1) is 19.9. The molecule has 8 nitrogen and oxygen atoms in total. The summed E-state index contributed by atoms with van der Waals surface area (Å²) in [5.74, 6) is -0.645. The van der Waals surface area contributed by atoms with Crippen LogP contribution in [0.3, 0.4) is 0 Å². The van der Waals surface area contributed by atoms with Gasteiger partial charge in [0.1, 0.15) is 23.1 Å². The fraction of sp³-hybridized carbons (Fsp3) is 0.190. The molecule has 29 heavy (non-hydrogen) atoms. The zero-order valence-corrected chi connectivity index (χ0v) is 15.8. The molecule has 2 N–H and O–H groups in total. The van der Waals surface area contributed by atoms with Gasteiger partial charge in [0.05, 0.1) is 14.2 Å². The highest BCUT2D eigenvalue weighted by molar-refractivity contribution is 5.97. The van der Waals surface area contributed by atoms with Gasteiger partial charge in [-0.1, -0.05) is 0 Å². The highest BCUT2D eigenvalue weighted by atomic mass is 16.5. The van der Waals surface area contributed by atoms with Gasteiger partial charge in [-0.25, -0.2) is 9.59 Å². The monoisotopic (exact) mass is 397 g/mol. The molecule has 150 valence electrons. The Morgan fingerprint density at radius 3 is 2.48 bits per heavy atom. The van der Waals surface area contributed by atoms with Crippen LogP contribution in [0.15, 0.2) is 57.7 Å². The second-order valence-corrected chi connectivity index (χ2v) is 6.25. The van der Waals surface area contributed by atoms with E-state index >= 15 is 0 Å². The summed E-state index contributed by atoms with van der Waals surface area (Å²) in [6, 6.07) is 10.8. The van der Waals surface area contributed by atoms with Gasteiger partial charge in [0.15, 0.2) is 0 Å². The number of ether oxygens (including phenoxy) is 2. The van der Waals surface area contributed by atoms with Crippen LogP contribution in [0.5, 0.6) is 11.5 Å². The van der Waals surface area contributed by atoms with Crippen molar-refractivity contribution in [1.29, 1.82) is 0 Å². The lowest BCUT2D eigenvalue weighted by Crippen LogP contribution is -2.43. The Morgan fingerprint density at radius 1 is 1.10 bits per heavy atom. The summed E-state index contributed by atoms with van der Waals surface area (Å²) in [4.78, 5) is 36.7. The number of esters is 1. The van der Waals surface area contributed by atoms with Gasteiger partial charge >= 0.3 is 11.6 Å². The zero-order valence-electron chi connectivity index (χ0n) is 15.8. The number of carbonyl (C=O) groups is 2. The summed E-state index contributed by atoms with van der Waals surface area (Å²) in [5.41, 5.74) is 0.494. The van der Waals surface area contributed by atoms with E-state index in [0.29, 0.717) is 22.3 Å². The van der Waals surface area contributed by atoms with Gasteiger partial charge in [0.2, 0.25) is 0 Å². The van der Waals surface area contributed by atoms with Crippen molar-refractivity contribution < 1.29 is 28.6 Å². The molecule has 1 amide bonds. The molecule has 1 atom stereocenters. The lowest BCUT2D eigenvalue weighted by molar-refractivity contribution is -0.142. The topological polar surface area (TPSA) is 115 Å². The Hall–Kier alpha value is -3.81. The normalized spacial score (nSPS) is 11.7.